The molecule has 0 unspecified atom stereocenters. The number of nitrogens with two attached hydrogens (primary N) is 1. The second-order valence-corrected chi connectivity index (χ2v) is 2.11. The Kier molecular flexibility index (Phi) is 0.790. The van der Waals surface area contributed by atoms with Crippen molar-refractivity contribution in [2.45, 2.75) is 6.54 Å². The largest absolute Gasteiger partial charge is 0.293 e. The molecule has 1 aromatic heterocycles. The van der Waals surface area contributed by atoms with Crippen LogP contribution in [0.3, 0.4) is 0 Å². The van der Waals surface area contributed by atoms with E-state index >= 15 is 0 Å². The van der Waals surface area contributed by atoms with Crippen LogP contribution in [0.5, 0.6) is 0 Å². The minimum Gasteiger partial charge on any atom is -0.293 e. The first kappa shape index (κ1) is 4.81. The highest BCUT2D eigenvalue weighted by atomic mass is 15.5. The van der Waals surface area contributed by atoms with Crippen LogP contribution in [0.25, 0.3) is 0 Å². The third-order valence-electron chi connectivity index (χ3n) is 1.54. The summed E-state index contributed by atoms with van der Waals surface area (Å²) in [5.74, 6) is 6.57. The first-order valence-corrected chi connectivity index (χ1v) is 2.92. The minimum atomic E-state index is 0.878. The molecule has 1 aliphatic heterocycles. The fraction of sp³-hybridized carbons (Fsp3) is 0.400. The molecular formula is C5H8N4. The maximum absolute atomic E-state index is 5.56. The van der Waals surface area contributed by atoms with Crippen molar-refractivity contribution < 1.29 is 0 Å². The fourth-order valence-electron chi connectivity index (χ4n) is 1.06. The monoisotopic (exact) mass is 124 g/mol. The Bertz CT molecular complexity index is 216. The van der Waals surface area contributed by atoms with E-state index in [1.54, 1.807) is 11.2 Å². The fourth-order valence-corrected chi connectivity index (χ4v) is 1.06. The Hall–Kier alpha value is -1.03. The molecule has 2 N–H and O–H groups in total. The molecule has 0 radical (unpaired) electrons. The summed E-state index contributed by atoms with van der Waals surface area (Å²) in [5.41, 5.74) is 0. The lowest BCUT2D eigenvalue weighted by atomic mass is 10.6. The summed E-state index contributed by atoms with van der Waals surface area (Å²) in [6.45, 7) is 1.79. The Morgan fingerprint density at radius 1 is 1.56 bits per heavy atom. The van der Waals surface area contributed by atoms with Crippen molar-refractivity contribution in [2.75, 3.05) is 11.6 Å². The van der Waals surface area contributed by atoms with Gasteiger partial charge in [0.05, 0.1) is 19.3 Å². The van der Waals surface area contributed by atoms with Crippen LogP contribution in [0.1, 0.15) is 0 Å². The maximum atomic E-state index is 5.56. The summed E-state index contributed by atoms with van der Waals surface area (Å²) in [6.07, 6.45) is 1.76. The van der Waals surface area contributed by atoms with Crippen molar-refractivity contribution in [3.8, 4) is 0 Å². The van der Waals surface area contributed by atoms with E-state index in [9.17, 15) is 0 Å². The minimum absolute atomic E-state index is 0.878. The van der Waals surface area contributed by atoms with Gasteiger partial charge in [-0.15, -0.1) is 0 Å². The summed E-state index contributed by atoms with van der Waals surface area (Å²) in [7, 11) is 0. The first-order valence-electron chi connectivity index (χ1n) is 2.92. The van der Waals surface area contributed by atoms with Gasteiger partial charge in [0, 0.05) is 6.07 Å². The molecule has 48 valence electrons. The molecule has 1 aliphatic rings. The van der Waals surface area contributed by atoms with Crippen molar-refractivity contribution in [3.63, 3.8) is 0 Å². The quantitative estimate of drug-likeness (QED) is 0.478. The van der Waals surface area contributed by atoms with Gasteiger partial charge < -0.3 is 0 Å². The number of anilines is 1. The summed E-state index contributed by atoms with van der Waals surface area (Å²) in [6, 6.07) is 1.91. The zero-order valence-electron chi connectivity index (χ0n) is 4.99. The predicted octanol–water partition coefficient (Wildman–Crippen LogP) is -0.423. The van der Waals surface area contributed by atoms with Crippen LogP contribution < -0.4 is 10.9 Å². The molecule has 0 fully saturated rings. The number of aromatic nitrogens is 2. The van der Waals surface area contributed by atoms with Crippen molar-refractivity contribution in [3.05, 3.63) is 12.3 Å². The van der Waals surface area contributed by atoms with Gasteiger partial charge in [0.25, 0.3) is 0 Å². The third kappa shape index (κ3) is 0.533. The number of rotatable bonds is 0. The molecule has 0 aliphatic carbocycles. The van der Waals surface area contributed by atoms with Crippen LogP contribution in [-0.4, -0.2) is 16.3 Å². The lowest BCUT2D eigenvalue weighted by Crippen LogP contribution is -2.27. The van der Waals surface area contributed by atoms with Gasteiger partial charge in [-0.25, -0.2) is 10.5 Å². The summed E-state index contributed by atoms with van der Waals surface area (Å²) in [5, 5.41) is 5.74. The van der Waals surface area contributed by atoms with Crippen LogP contribution in [0.2, 0.25) is 0 Å². The van der Waals surface area contributed by atoms with Crippen LogP contribution in [-0.2, 0) is 6.54 Å². The molecule has 4 nitrogen and oxygen atoms in total. The summed E-state index contributed by atoms with van der Waals surface area (Å²) in [4.78, 5) is 0. The van der Waals surface area contributed by atoms with Gasteiger partial charge in [0.2, 0.25) is 0 Å². The summed E-state index contributed by atoms with van der Waals surface area (Å²) >= 11 is 0. The molecule has 0 saturated heterocycles. The molecule has 0 bridgehead atoms. The highest BCUT2D eigenvalue weighted by Gasteiger charge is 2.14. The van der Waals surface area contributed by atoms with E-state index in [0.29, 0.717) is 0 Å². The molecule has 9 heavy (non-hydrogen) atoms. The van der Waals surface area contributed by atoms with Gasteiger partial charge in [0.15, 0.2) is 0 Å². The van der Waals surface area contributed by atoms with E-state index in [2.05, 4.69) is 5.10 Å². The first-order chi connectivity index (χ1) is 4.38. The second kappa shape index (κ2) is 1.48. The van der Waals surface area contributed by atoms with Crippen LogP contribution in [0.15, 0.2) is 12.3 Å². The molecule has 1 aromatic rings. The van der Waals surface area contributed by atoms with Gasteiger partial charge >= 0.3 is 0 Å². The van der Waals surface area contributed by atoms with Gasteiger partial charge in [-0.3, -0.25) is 5.01 Å². The topological polar surface area (TPSA) is 47.1 Å². The molecule has 4 heteroatoms. The second-order valence-electron chi connectivity index (χ2n) is 2.11. The number of fused-ring (bicyclic) bond motifs is 1. The van der Waals surface area contributed by atoms with Gasteiger partial charge in [-0.05, 0) is 0 Å². The molecule has 0 amide bonds. The molecule has 2 rings (SSSR count). The van der Waals surface area contributed by atoms with Crippen LogP contribution >= 0.6 is 0 Å². The van der Waals surface area contributed by atoms with Crippen molar-refractivity contribution in [1.29, 1.82) is 0 Å². The zero-order chi connectivity index (χ0) is 6.27. The standard InChI is InChI=1S/C5H8N4/c6-8-3-4-9-5(8)1-2-7-9/h1-2H,3-4,6H2. The predicted molar refractivity (Wildman–Crippen MR) is 33.8 cm³/mol. The van der Waals surface area contributed by atoms with E-state index in [0.717, 1.165) is 18.9 Å². The van der Waals surface area contributed by atoms with Gasteiger partial charge in [-0.1, -0.05) is 0 Å². The van der Waals surface area contributed by atoms with E-state index in [4.69, 9.17) is 5.84 Å². The highest BCUT2D eigenvalue weighted by molar-refractivity contribution is 5.38. The van der Waals surface area contributed by atoms with Gasteiger partial charge in [-0.2, -0.15) is 5.10 Å². The molecule has 0 aromatic carbocycles. The smallest absolute Gasteiger partial charge is 0.141 e. The van der Waals surface area contributed by atoms with Crippen LogP contribution in [0, 0.1) is 0 Å². The average Bonchev–Trinajstić information content (AvgIpc) is 2.35. The normalized spacial score (nSPS) is 16.3. The van der Waals surface area contributed by atoms with E-state index < -0.39 is 0 Å². The van der Waals surface area contributed by atoms with E-state index in [1.165, 1.54) is 0 Å². The number of hydrogen-bond donors (Lipinski definition) is 1. The SMILES string of the molecule is NN1CCn2nccc21. The van der Waals surface area contributed by atoms with E-state index in [1.807, 2.05) is 10.7 Å². The Morgan fingerprint density at radius 3 is 3.22 bits per heavy atom. The highest BCUT2D eigenvalue weighted by Crippen LogP contribution is 2.14. The molecule has 0 spiro atoms. The Balaban J connectivity index is 2.49. The number of hydrogen-bond acceptors (Lipinski definition) is 3. The molecule has 0 saturated carbocycles. The summed E-state index contributed by atoms with van der Waals surface area (Å²) < 4.78 is 1.89. The Morgan fingerprint density at radius 2 is 2.44 bits per heavy atom. The average molecular weight is 124 g/mol. The Labute approximate surface area is 52.8 Å². The lowest BCUT2D eigenvalue weighted by Gasteiger charge is -2.05. The van der Waals surface area contributed by atoms with Gasteiger partial charge in [0.1, 0.15) is 5.82 Å². The third-order valence-corrected chi connectivity index (χ3v) is 1.54. The lowest BCUT2D eigenvalue weighted by molar-refractivity contribution is 0.688. The number of nitrogens with zero attached hydrogens (tertiary/aromatic N) is 3. The molecule has 0 atom stereocenters. The molecular weight excluding hydrogens is 116 g/mol. The maximum Gasteiger partial charge on any atom is 0.141 e. The van der Waals surface area contributed by atoms with Crippen molar-refractivity contribution >= 4 is 5.82 Å². The van der Waals surface area contributed by atoms with Crippen LogP contribution in [0.4, 0.5) is 5.82 Å². The zero-order valence-corrected chi connectivity index (χ0v) is 4.99. The number of hydrazine groups is 1. The van der Waals surface area contributed by atoms with Crippen molar-refractivity contribution in [2.24, 2.45) is 5.84 Å². The van der Waals surface area contributed by atoms with E-state index in [-0.39, 0.29) is 0 Å². The molecule has 2 heterocycles. The van der Waals surface area contributed by atoms with Crippen molar-refractivity contribution in [1.82, 2.24) is 9.78 Å².